The van der Waals surface area contributed by atoms with Crippen LogP contribution in [-0.2, 0) is 8.85 Å². The van der Waals surface area contributed by atoms with Crippen LogP contribution in [0.25, 0.3) is 0 Å². The van der Waals surface area contributed by atoms with Crippen LogP contribution in [-0.4, -0.2) is 21.8 Å². The molecule has 0 aliphatic heterocycles. The minimum Gasteiger partial charge on any atom is -0.388 e. The second kappa shape index (κ2) is 17.7. The molecule has 1 aliphatic carbocycles. The predicted octanol–water partition coefficient (Wildman–Crippen LogP) is 8.33. The Hall–Kier alpha value is -1.68. The molecule has 1 aliphatic rings. The molecule has 3 rings (SSSR count). The first-order chi connectivity index (χ1) is 17.8. The quantitative estimate of drug-likeness (QED) is 0.108. The highest BCUT2D eigenvalue weighted by molar-refractivity contribution is 6.92. The van der Waals surface area contributed by atoms with Gasteiger partial charge >= 0.3 is 8.56 Å². The first-order valence-corrected chi connectivity index (χ1v) is 16.7. The standard InChI is InChI=1S/C33H50O2Si/c1-2-3-4-5-6-7-8-9-10-11-12-22-29-34-36(32-25-18-14-19-26-32,33-27-20-15-21-28-33)35-30-31-23-16-13-17-24-31/h13-16,18-21,25-28,31H,2-12,17,22-24,29-30H2,1H3. The summed E-state index contributed by atoms with van der Waals surface area (Å²) >= 11 is 0. The number of allylic oxidation sites excluding steroid dienone is 2. The zero-order valence-electron chi connectivity index (χ0n) is 22.8. The molecule has 0 fully saturated rings. The maximum absolute atomic E-state index is 6.93. The molecule has 1 unspecified atom stereocenters. The number of rotatable bonds is 19. The van der Waals surface area contributed by atoms with Gasteiger partial charge in [0.1, 0.15) is 0 Å². The molecule has 2 aromatic rings. The fourth-order valence-electron chi connectivity index (χ4n) is 5.26. The highest BCUT2D eigenvalue weighted by Crippen LogP contribution is 2.21. The van der Waals surface area contributed by atoms with Gasteiger partial charge in [-0.05, 0) is 42.0 Å². The summed E-state index contributed by atoms with van der Waals surface area (Å²) in [6, 6.07) is 21.5. The second-order valence-electron chi connectivity index (χ2n) is 10.5. The van der Waals surface area contributed by atoms with Gasteiger partial charge in [0.05, 0.1) is 0 Å². The van der Waals surface area contributed by atoms with Gasteiger partial charge in [-0.1, -0.05) is 150 Å². The van der Waals surface area contributed by atoms with Crippen molar-refractivity contribution in [3.63, 3.8) is 0 Å². The van der Waals surface area contributed by atoms with Crippen molar-refractivity contribution in [2.75, 3.05) is 13.2 Å². The summed E-state index contributed by atoms with van der Waals surface area (Å²) in [5, 5.41) is 2.45. The summed E-state index contributed by atoms with van der Waals surface area (Å²) in [5.41, 5.74) is 0. The lowest BCUT2D eigenvalue weighted by Gasteiger charge is -2.33. The molecule has 1 atom stereocenters. The number of unbranched alkanes of at least 4 members (excludes halogenated alkanes) is 11. The largest absolute Gasteiger partial charge is 0.407 e. The summed E-state index contributed by atoms with van der Waals surface area (Å²) in [7, 11) is -2.76. The molecular weight excluding hydrogens is 456 g/mol. The minimum absolute atomic E-state index is 0.588. The zero-order chi connectivity index (χ0) is 25.2. The van der Waals surface area contributed by atoms with Crippen LogP contribution >= 0.6 is 0 Å². The number of hydrogen-bond acceptors (Lipinski definition) is 2. The van der Waals surface area contributed by atoms with Gasteiger partial charge in [0.25, 0.3) is 0 Å². The molecule has 0 amide bonds. The fourth-order valence-corrected chi connectivity index (χ4v) is 8.51. The van der Waals surface area contributed by atoms with Gasteiger partial charge in [-0.3, -0.25) is 0 Å². The van der Waals surface area contributed by atoms with Crippen LogP contribution in [0.5, 0.6) is 0 Å². The molecule has 2 nitrogen and oxygen atoms in total. The van der Waals surface area contributed by atoms with E-state index in [0.29, 0.717) is 5.92 Å². The van der Waals surface area contributed by atoms with Gasteiger partial charge < -0.3 is 8.85 Å². The zero-order valence-corrected chi connectivity index (χ0v) is 23.8. The Morgan fingerprint density at radius 3 is 1.67 bits per heavy atom. The fraction of sp³-hybridized carbons (Fsp3) is 0.576. The van der Waals surface area contributed by atoms with Crippen molar-refractivity contribution >= 4 is 18.9 Å². The Bertz CT molecular complexity index is 781. The first kappa shape index (κ1) is 28.9. The van der Waals surface area contributed by atoms with Crippen LogP contribution in [0, 0.1) is 5.92 Å². The molecule has 0 spiro atoms. The van der Waals surface area contributed by atoms with E-state index in [1.54, 1.807) is 0 Å². The highest BCUT2D eigenvalue weighted by Gasteiger charge is 2.43. The van der Waals surface area contributed by atoms with Crippen molar-refractivity contribution in [3.05, 3.63) is 72.8 Å². The Kier molecular flexibility index (Phi) is 14.2. The second-order valence-corrected chi connectivity index (χ2v) is 13.5. The maximum Gasteiger partial charge on any atom is 0.407 e. The van der Waals surface area contributed by atoms with Crippen LogP contribution in [0.2, 0.25) is 0 Å². The van der Waals surface area contributed by atoms with Crippen molar-refractivity contribution in [2.45, 2.75) is 103 Å². The van der Waals surface area contributed by atoms with E-state index in [-0.39, 0.29) is 0 Å². The van der Waals surface area contributed by atoms with E-state index in [0.717, 1.165) is 26.1 Å². The summed E-state index contributed by atoms with van der Waals surface area (Å²) in [5.74, 6) is 0.588. The smallest absolute Gasteiger partial charge is 0.388 e. The van der Waals surface area contributed by atoms with Gasteiger partial charge in [-0.2, -0.15) is 0 Å². The summed E-state index contributed by atoms with van der Waals surface area (Å²) in [6.07, 6.45) is 24.4. The maximum atomic E-state index is 6.93. The van der Waals surface area contributed by atoms with Gasteiger partial charge in [0.2, 0.25) is 0 Å². The van der Waals surface area contributed by atoms with Crippen LogP contribution in [0.1, 0.15) is 103 Å². The molecule has 0 aromatic heterocycles. The third-order valence-electron chi connectivity index (χ3n) is 7.51. The average Bonchev–Trinajstić information content (AvgIpc) is 2.94. The molecule has 36 heavy (non-hydrogen) atoms. The predicted molar refractivity (Wildman–Crippen MR) is 157 cm³/mol. The molecule has 3 heteroatoms. The van der Waals surface area contributed by atoms with Crippen molar-refractivity contribution in [2.24, 2.45) is 5.92 Å². The number of benzene rings is 2. The van der Waals surface area contributed by atoms with Crippen molar-refractivity contribution < 1.29 is 8.85 Å². The van der Waals surface area contributed by atoms with E-state index in [1.807, 2.05) is 0 Å². The molecular formula is C33H50O2Si. The molecule has 0 bridgehead atoms. The Balaban J connectivity index is 1.50. The minimum atomic E-state index is -2.76. The highest BCUT2D eigenvalue weighted by atomic mass is 28.4. The third-order valence-corrected chi connectivity index (χ3v) is 10.9. The molecule has 0 N–H and O–H groups in total. The van der Waals surface area contributed by atoms with Gasteiger partial charge in [-0.15, -0.1) is 0 Å². The number of hydrogen-bond donors (Lipinski definition) is 0. The van der Waals surface area contributed by atoms with E-state index >= 15 is 0 Å². The summed E-state index contributed by atoms with van der Waals surface area (Å²) in [6.45, 7) is 3.84. The van der Waals surface area contributed by atoms with Crippen LogP contribution in [0.4, 0.5) is 0 Å². The molecule has 0 heterocycles. The molecule has 198 valence electrons. The van der Waals surface area contributed by atoms with Crippen molar-refractivity contribution in [3.8, 4) is 0 Å². The third kappa shape index (κ3) is 9.99. The van der Waals surface area contributed by atoms with E-state index in [2.05, 4.69) is 79.7 Å². The molecule has 2 aromatic carbocycles. The molecule has 0 saturated carbocycles. The van der Waals surface area contributed by atoms with E-state index in [1.165, 1.54) is 93.8 Å². The van der Waals surface area contributed by atoms with Crippen LogP contribution in [0.15, 0.2) is 72.8 Å². The lowest BCUT2D eigenvalue weighted by Crippen LogP contribution is -2.64. The van der Waals surface area contributed by atoms with E-state index in [4.69, 9.17) is 8.85 Å². The van der Waals surface area contributed by atoms with Gasteiger partial charge in [0, 0.05) is 13.2 Å². The van der Waals surface area contributed by atoms with Crippen molar-refractivity contribution in [1.29, 1.82) is 0 Å². The Morgan fingerprint density at radius 1 is 0.639 bits per heavy atom. The lowest BCUT2D eigenvalue weighted by atomic mass is 9.96. The van der Waals surface area contributed by atoms with Gasteiger partial charge in [-0.25, -0.2) is 0 Å². The van der Waals surface area contributed by atoms with Crippen LogP contribution in [0.3, 0.4) is 0 Å². The van der Waals surface area contributed by atoms with E-state index in [9.17, 15) is 0 Å². The van der Waals surface area contributed by atoms with E-state index < -0.39 is 8.56 Å². The lowest BCUT2D eigenvalue weighted by molar-refractivity contribution is 0.158. The Labute approximate surface area is 222 Å². The monoisotopic (exact) mass is 506 g/mol. The van der Waals surface area contributed by atoms with Crippen molar-refractivity contribution in [1.82, 2.24) is 0 Å². The average molecular weight is 507 g/mol. The van der Waals surface area contributed by atoms with Crippen LogP contribution < -0.4 is 10.4 Å². The molecule has 0 radical (unpaired) electrons. The summed E-state index contributed by atoms with van der Waals surface area (Å²) < 4.78 is 13.8. The first-order valence-electron chi connectivity index (χ1n) is 14.9. The van der Waals surface area contributed by atoms with Gasteiger partial charge in [0.15, 0.2) is 0 Å². The normalized spacial score (nSPS) is 15.9. The summed E-state index contributed by atoms with van der Waals surface area (Å²) in [4.78, 5) is 0. The molecule has 0 saturated heterocycles. The SMILES string of the molecule is CCCCCCCCCCCCCCO[Si](OCC1CC=CCC1)(c1ccccc1)c1ccccc1. The topological polar surface area (TPSA) is 18.5 Å². The Morgan fingerprint density at radius 2 is 1.17 bits per heavy atom.